The second-order valence-electron chi connectivity index (χ2n) is 6.59. The molecule has 1 rings (SSSR count). The minimum absolute atomic E-state index is 0.361. The van der Waals surface area contributed by atoms with Gasteiger partial charge in [0, 0.05) is 20.1 Å². The fraction of sp³-hybridized carbons (Fsp3) is 0.800. The van der Waals surface area contributed by atoms with Gasteiger partial charge in [-0.2, -0.15) is 5.10 Å². The van der Waals surface area contributed by atoms with E-state index in [-0.39, 0.29) is 0 Å². The Balaban J connectivity index is 3.14. The SMILES string of the molecule is CC(C)CN(CC(C)C)c1c(N)c(C(C)C)nn1C. The zero-order valence-corrected chi connectivity index (χ0v) is 13.6. The lowest BCUT2D eigenvalue weighted by Crippen LogP contribution is -2.33. The zero-order chi connectivity index (χ0) is 14.7. The van der Waals surface area contributed by atoms with Crippen molar-refractivity contribution in [3.8, 4) is 0 Å². The Morgan fingerprint density at radius 1 is 1.05 bits per heavy atom. The number of hydrogen-bond acceptors (Lipinski definition) is 3. The molecule has 1 heterocycles. The average molecular weight is 266 g/mol. The lowest BCUT2D eigenvalue weighted by atomic mass is 10.1. The molecule has 0 unspecified atom stereocenters. The number of aromatic nitrogens is 2. The molecule has 0 amide bonds. The molecule has 0 aliphatic heterocycles. The highest BCUT2D eigenvalue weighted by molar-refractivity contribution is 5.67. The second kappa shape index (κ2) is 6.31. The molecule has 0 spiro atoms. The number of anilines is 2. The van der Waals surface area contributed by atoms with Gasteiger partial charge in [0.05, 0.1) is 11.4 Å². The van der Waals surface area contributed by atoms with Gasteiger partial charge in [0.2, 0.25) is 0 Å². The van der Waals surface area contributed by atoms with Crippen LogP contribution < -0.4 is 10.6 Å². The highest BCUT2D eigenvalue weighted by Crippen LogP contribution is 2.31. The quantitative estimate of drug-likeness (QED) is 0.860. The van der Waals surface area contributed by atoms with Gasteiger partial charge in [0.25, 0.3) is 0 Å². The number of nitrogens with zero attached hydrogens (tertiary/aromatic N) is 3. The number of rotatable bonds is 6. The maximum atomic E-state index is 6.33. The molecule has 2 N–H and O–H groups in total. The Bertz CT molecular complexity index is 395. The molecule has 0 aliphatic rings. The summed E-state index contributed by atoms with van der Waals surface area (Å²) in [6.45, 7) is 15.3. The van der Waals surface area contributed by atoms with Crippen molar-refractivity contribution in [1.82, 2.24) is 9.78 Å². The van der Waals surface area contributed by atoms with Crippen molar-refractivity contribution in [2.45, 2.75) is 47.5 Å². The molecule has 4 nitrogen and oxygen atoms in total. The smallest absolute Gasteiger partial charge is 0.150 e. The van der Waals surface area contributed by atoms with E-state index in [4.69, 9.17) is 5.73 Å². The van der Waals surface area contributed by atoms with Crippen LogP contribution in [-0.2, 0) is 7.05 Å². The number of nitrogens with two attached hydrogens (primary N) is 1. The van der Waals surface area contributed by atoms with Gasteiger partial charge in [0.15, 0.2) is 0 Å². The standard InChI is InChI=1S/C15H30N4/c1-10(2)8-19(9-11(3)4)15-13(16)14(12(5)6)17-18(15)7/h10-12H,8-9,16H2,1-7H3. The summed E-state index contributed by atoms with van der Waals surface area (Å²) >= 11 is 0. The van der Waals surface area contributed by atoms with Gasteiger partial charge >= 0.3 is 0 Å². The van der Waals surface area contributed by atoms with Crippen LogP contribution in [0, 0.1) is 11.8 Å². The predicted octanol–water partition coefficient (Wildman–Crippen LogP) is 3.24. The van der Waals surface area contributed by atoms with Crippen molar-refractivity contribution in [2.75, 3.05) is 23.7 Å². The first kappa shape index (κ1) is 15.9. The molecule has 0 aromatic carbocycles. The van der Waals surface area contributed by atoms with E-state index in [2.05, 4.69) is 51.5 Å². The van der Waals surface area contributed by atoms with Crippen molar-refractivity contribution in [2.24, 2.45) is 18.9 Å². The van der Waals surface area contributed by atoms with Gasteiger partial charge in [-0.05, 0) is 17.8 Å². The monoisotopic (exact) mass is 266 g/mol. The van der Waals surface area contributed by atoms with E-state index in [1.807, 2.05) is 11.7 Å². The third-order valence-electron chi connectivity index (χ3n) is 3.10. The molecule has 110 valence electrons. The summed E-state index contributed by atoms with van der Waals surface area (Å²) < 4.78 is 1.94. The van der Waals surface area contributed by atoms with Gasteiger partial charge < -0.3 is 10.6 Å². The molecule has 0 fully saturated rings. The van der Waals surface area contributed by atoms with Crippen LogP contribution in [0.4, 0.5) is 11.5 Å². The lowest BCUT2D eigenvalue weighted by molar-refractivity contribution is 0.539. The minimum atomic E-state index is 0.361. The largest absolute Gasteiger partial charge is 0.394 e. The van der Waals surface area contributed by atoms with Crippen LogP contribution >= 0.6 is 0 Å². The summed E-state index contributed by atoms with van der Waals surface area (Å²) in [5.74, 6) is 2.65. The molecule has 0 radical (unpaired) electrons. The van der Waals surface area contributed by atoms with Crippen molar-refractivity contribution < 1.29 is 0 Å². The molecular weight excluding hydrogens is 236 g/mol. The summed E-state index contributed by atoms with van der Waals surface area (Å²) in [5, 5.41) is 4.60. The topological polar surface area (TPSA) is 47.1 Å². The number of hydrogen-bond donors (Lipinski definition) is 1. The van der Waals surface area contributed by atoms with Crippen LogP contribution in [0.25, 0.3) is 0 Å². The van der Waals surface area contributed by atoms with Gasteiger partial charge in [-0.1, -0.05) is 41.5 Å². The van der Waals surface area contributed by atoms with Crippen LogP contribution in [0.5, 0.6) is 0 Å². The van der Waals surface area contributed by atoms with Crippen LogP contribution in [0.3, 0.4) is 0 Å². The fourth-order valence-corrected chi connectivity index (χ4v) is 2.48. The third kappa shape index (κ3) is 3.88. The maximum Gasteiger partial charge on any atom is 0.150 e. The number of aryl methyl sites for hydroxylation is 1. The van der Waals surface area contributed by atoms with Gasteiger partial charge in [-0.15, -0.1) is 0 Å². The van der Waals surface area contributed by atoms with Gasteiger partial charge in [0.1, 0.15) is 5.82 Å². The van der Waals surface area contributed by atoms with Crippen LogP contribution in [0.1, 0.15) is 53.2 Å². The van der Waals surface area contributed by atoms with Crippen LogP contribution in [0.15, 0.2) is 0 Å². The highest BCUT2D eigenvalue weighted by Gasteiger charge is 2.22. The highest BCUT2D eigenvalue weighted by atomic mass is 15.4. The Morgan fingerprint density at radius 3 is 1.84 bits per heavy atom. The first-order valence-electron chi connectivity index (χ1n) is 7.31. The minimum Gasteiger partial charge on any atom is -0.394 e. The van der Waals surface area contributed by atoms with E-state index in [0.29, 0.717) is 17.8 Å². The zero-order valence-electron chi connectivity index (χ0n) is 13.6. The molecule has 0 atom stereocenters. The summed E-state index contributed by atoms with van der Waals surface area (Å²) in [7, 11) is 1.99. The summed E-state index contributed by atoms with van der Waals surface area (Å²) in [6, 6.07) is 0. The third-order valence-corrected chi connectivity index (χ3v) is 3.10. The first-order chi connectivity index (χ1) is 8.73. The van der Waals surface area contributed by atoms with Crippen molar-refractivity contribution >= 4 is 11.5 Å². The Labute approximate surface area is 118 Å². The van der Waals surface area contributed by atoms with Crippen molar-refractivity contribution in [1.29, 1.82) is 0 Å². The summed E-state index contributed by atoms with van der Waals surface area (Å²) in [5.41, 5.74) is 8.19. The van der Waals surface area contributed by atoms with E-state index >= 15 is 0 Å². The van der Waals surface area contributed by atoms with E-state index < -0.39 is 0 Å². The second-order valence-corrected chi connectivity index (χ2v) is 6.59. The molecule has 0 saturated carbocycles. The Hall–Kier alpha value is -1.19. The molecule has 1 aromatic heterocycles. The van der Waals surface area contributed by atoms with E-state index in [1.54, 1.807) is 0 Å². The summed E-state index contributed by atoms with van der Waals surface area (Å²) in [4.78, 5) is 2.38. The predicted molar refractivity (Wildman–Crippen MR) is 83.6 cm³/mol. The molecule has 0 aliphatic carbocycles. The Kier molecular flexibility index (Phi) is 5.27. The molecule has 0 bridgehead atoms. The normalized spacial score (nSPS) is 11.9. The van der Waals surface area contributed by atoms with Crippen molar-refractivity contribution in [3.63, 3.8) is 0 Å². The van der Waals surface area contributed by atoms with E-state index in [9.17, 15) is 0 Å². The van der Waals surface area contributed by atoms with E-state index in [1.165, 1.54) is 0 Å². The van der Waals surface area contributed by atoms with Crippen LogP contribution in [-0.4, -0.2) is 22.9 Å². The first-order valence-corrected chi connectivity index (χ1v) is 7.31. The number of nitrogen functional groups attached to an aromatic ring is 1. The fourth-order valence-electron chi connectivity index (χ4n) is 2.48. The maximum absolute atomic E-state index is 6.33. The Morgan fingerprint density at radius 2 is 1.53 bits per heavy atom. The van der Waals surface area contributed by atoms with Crippen molar-refractivity contribution in [3.05, 3.63) is 5.69 Å². The average Bonchev–Trinajstić information content (AvgIpc) is 2.52. The molecular formula is C15H30N4. The molecule has 4 heteroatoms. The molecule has 19 heavy (non-hydrogen) atoms. The summed E-state index contributed by atoms with van der Waals surface area (Å²) in [6.07, 6.45) is 0. The lowest BCUT2D eigenvalue weighted by Gasteiger charge is -2.28. The van der Waals surface area contributed by atoms with Gasteiger partial charge in [-0.25, -0.2) is 0 Å². The molecule has 1 aromatic rings. The van der Waals surface area contributed by atoms with E-state index in [0.717, 1.165) is 30.3 Å². The van der Waals surface area contributed by atoms with Crippen LogP contribution in [0.2, 0.25) is 0 Å². The molecule has 0 saturated heterocycles. The van der Waals surface area contributed by atoms with Gasteiger partial charge in [-0.3, -0.25) is 4.68 Å².